The molecule has 0 aliphatic carbocycles. The Balaban J connectivity index is 1.97. The number of halogens is 1. The molecule has 16 heavy (non-hydrogen) atoms. The van der Waals surface area contributed by atoms with Crippen LogP contribution in [0.5, 0.6) is 0 Å². The van der Waals surface area contributed by atoms with Crippen LogP contribution >= 0.6 is 0 Å². The maximum absolute atomic E-state index is 13.0. The molecule has 1 aromatic carbocycles. The monoisotopic (exact) mass is 218 g/mol. The molecule has 1 aliphatic rings. The van der Waals surface area contributed by atoms with Gasteiger partial charge >= 0.3 is 0 Å². The first-order valence-electron chi connectivity index (χ1n) is 5.65. The lowest BCUT2D eigenvalue weighted by molar-refractivity contribution is 0.391. The van der Waals surface area contributed by atoms with Gasteiger partial charge in [0.15, 0.2) is 0 Å². The van der Waals surface area contributed by atoms with E-state index in [9.17, 15) is 4.39 Å². The summed E-state index contributed by atoms with van der Waals surface area (Å²) in [6, 6.07) is 4.80. The Morgan fingerprint density at radius 3 is 3.06 bits per heavy atom. The quantitative estimate of drug-likeness (QED) is 0.785. The molecule has 3 rings (SSSR count). The number of nitrogens with zero attached hydrogens (tertiary/aromatic N) is 2. The average molecular weight is 218 g/mol. The third-order valence-electron chi connectivity index (χ3n) is 3.01. The Kier molecular flexibility index (Phi) is 2.36. The summed E-state index contributed by atoms with van der Waals surface area (Å²) in [4.78, 5) is 7.63. The minimum atomic E-state index is -0.244. The number of benzene rings is 1. The molecular formula is C12H13FN3. The normalized spacial score (nSPS) is 21.4. The van der Waals surface area contributed by atoms with Gasteiger partial charge in [-0.1, -0.05) is 6.42 Å². The summed E-state index contributed by atoms with van der Waals surface area (Å²) >= 11 is 0. The second-order valence-corrected chi connectivity index (χ2v) is 4.20. The lowest BCUT2D eigenvalue weighted by atomic mass is 10.0. The minimum Gasteiger partial charge on any atom is -0.341 e. The molecule has 4 heteroatoms. The van der Waals surface area contributed by atoms with Crippen molar-refractivity contribution in [3.8, 4) is 0 Å². The molecule has 0 unspecified atom stereocenters. The summed E-state index contributed by atoms with van der Waals surface area (Å²) in [6.45, 7) is 0.913. The SMILES string of the molecule is Fc1ccc2[nH]c([C@@H]3CCCC[N]3)nc2c1. The lowest BCUT2D eigenvalue weighted by Gasteiger charge is -2.19. The van der Waals surface area contributed by atoms with Crippen LogP contribution in [-0.2, 0) is 0 Å². The second-order valence-electron chi connectivity index (χ2n) is 4.20. The van der Waals surface area contributed by atoms with E-state index in [-0.39, 0.29) is 11.9 Å². The highest BCUT2D eigenvalue weighted by atomic mass is 19.1. The maximum atomic E-state index is 13.0. The van der Waals surface area contributed by atoms with Crippen molar-refractivity contribution in [3.05, 3.63) is 29.8 Å². The van der Waals surface area contributed by atoms with Crippen LogP contribution in [0.3, 0.4) is 0 Å². The van der Waals surface area contributed by atoms with E-state index in [4.69, 9.17) is 0 Å². The average Bonchev–Trinajstić information content (AvgIpc) is 2.73. The van der Waals surface area contributed by atoms with Crippen LogP contribution in [0.2, 0.25) is 0 Å². The van der Waals surface area contributed by atoms with Crippen molar-refractivity contribution in [3.63, 3.8) is 0 Å². The molecule has 1 N–H and O–H groups in total. The van der Waals surface area contributed by atoms with Crippen molar-refractivity contribution < 1.29 is 4.39 Å². The van der Waals surface area contributed by atoms with Gasteiger partial charge in [0.2, 0.25) is 0 Å². The fraction of sp³-hybridized carbons (Fsp3) is 0.417. The van der Waals surface area contributed by atoms with Crippen molar-refractivity contribution in [1.29, 1.82) is 0 Å². The zero-order valence-corrected chi connectivity index (χ0v) is 8.91. The number of fused-ring (bicyclic) bond motifs is 1. The summed E-state index contributed by atoms with van der Waals surface area (Å²) in [5.74, 6) is 0.631. The second kappa shape index (κ2) is 3.87. The summed E-state index contributed by atoms with van der Waals surface area (Å²) in [7, 11) is 0. The number of hydrogen-bond donors (Lipinski definition) is 1. The van der Waals surface area contributed by atoms with Crippen LogP contribution in [0.15, 0.2) is 18.2 Å². The fourth-order valence-electron chi connectivity index (χ4n) is 2.17. The third-order valence-corrected chi connectivity index (χ3v) is 3.01. The molecule has 1 atom stereocenters. The van der Waals surface area contributed by atoms with Gasteiger partial charge in [0.25, 0.3) is 0 Å². The number of hydrogen-bond acceptors (Lipinski definition) is 1. The van der Waals surface area contributed by atoms with Crippen LogP contribution in [0.25, 0.3) is 11.0 Å². The van der Waals surface area contributed by atoms with Crippen molar-refractivity contribution in [2.75, 3.05) is 6.54 Å². The minimum absolute atomic E-state index is 0.171. The number of aromatic amines is 1. The molecule has 1 radical (unpaired) electrons. The molecule has 0 spiro atoms. The predicted molar refractivity (Wildman–Crippen MR) is 59.6 cm³/mol. The van der Waals surface area contributed by atoms with E-state index < -0.39 is 0 Å². The Morgan fingerprint density at radius 2 is 2.25 bits per heavy atom. The van der Waals surface area contributed by atoms with E-state index >= 15 is 0 Å². The van der Waals surface area contributed by atoms with Gasteiger partial charge in [-0.05, 0) is 25.0 Å². The van der Waals surface area contributed by atoms with Crippen molar-refractivity contribution >= 4 is 11.0 Å². The molecule has 2 aromatic rings. The Labute approximate surface area is 93.1 Å². The number of rotatable bonds is 1. The highest BCUT2D eigenvalue weighted by Gasteiger charge is 2.19. The molecular weight excluding hydrogens is 205 g/mol. The molecule has 2 heterocycles. The van der Waals surface area contributed by atoms with Gasteiger partial charge < -0.3 is 4.98 Å². The number of piperidine rings is 1. The van der Waals surface area contributed by atoms with Gasteiger partial charge in [-0.2, -0.15) is 0 Å². The van der Waals surface area contributed by atoms with Gasteiger partial charge in [0, 0.05) is 12.6 Å². The van der Waals surface area contributed by atoms with Crippen LogP contribution in [0.1, 0.15) is 31.1 Å². The number of nitrogens with one attached hydrogen (secondary N) is 1. The topological polar surface area (TPSA) is 42.8 Å². The Bertz CT molecular complexity index is 500. The van der Waals surface area contributed by atoms with Crippen molar-refractivity contribution in [2.24, 2.45) is 0 Å². The van der Waals surface area contributed by atoms with E-state index in [1.807, 2.05) is 0 Å². The summed E-state index contributed by atoms with van der Waals surface area (Å²) < 4.78 is 13.0. The summed E-state index contributed by atoms with van der Waals surface area (Å²) in [5.41, 5.74) is 1.58. The van der Waals surface area contributed by atoms with Crippen LogP contribution < -0.4 is 5.32 Å². The zero-order valence-electron chi connectivity index (χ0n) is 8.91. The highest BCUT2D eigenvalue weighted by molar-refractivity contribution is 5.75. The van der Waals surface area contributed by atoms with E-state index in [0.29, 0.717) is 5.52 Å². The van der Waals surface area contributed by atoms with Gasteiger partial charge in [-0.15, -0.1) is 0 Å². The summed E-state index contributed by atoms with van der Waals surface area (Å²) in [5, 5.41) is 4.53. The summed E-state index contributed by atoms with van der Waals surface area (Å²) in [6.07, 6.45) is 3.41. The fourth-order valence-corrected chi connectivity index (χ4v) is 2.17. The molecule has 1 saturated heterocycles. The van der Waals surface area contributed by atoms with Crippen LogP contribution in [0.4, 0.5) is 4.39 Å². The van der Waals surface area contributed by atoms with E-state index in [1.165, 1.54) is 25.0 Å². The first kappa shape index (κ1) is 9.78. The molecule has 0 saturated carbocycles. The molecule has 83 valence electrons. The first-order chi connectivity index (χ1) is 7.83. The van der Waals surface area contributed by atoms with Gasteiger partial charge in [0.1, 0.15) is 11.6 Å². The number of aromatic nitrogens is 2. The molecule has 3 nitrogen and oxygen atoms in total. The predicted octanol–water partition coefficient (Wildman–Crippen LogP) is 2.53. The van der Waals surface area contributed by atoms with Crippen molar-refractivity contribution in [1.82, 2.24) is 15.3 Å². The standard InChI is InChI=1S/C12H13FN3/c13-8-4-5-9-11(7-8)16-12(15-9)10-3-1-2-6-14-10/h4-5,7,10H,1-3,6H2,(H,15,16)/t10-/m0/s1. The third kappa shape index (κ3) is 1.69. The Morgan fingerprint density at radius 1 is 1.31 bits per heavy atom. The molecule has 1 aromatic heterocycles. The van der Waals surface area contributed by atoms with Gasteiger partial charge in [0.05, 0.1) is 17.1 Å². The first-order valence-corrected chi connectivity index (χ1v) is 5.65. The van der Waals surface area contributed by atoms with E-state index in [1.54, 1.807) is 6.07 Å². The Hall–Kier alpha value is -1.42. The van der Waals surface area contributed by atoms with E-state index in [0.717, 1.165) is 24.3 Å². The van der Waals surface area contributed by atoms with Gasteiger partial charge in [-0.25, -0.2) is 14.7 Å². The smallest absolute Gasteiger partial charge is 0.126 e. The molecule has 1 fully saturated rings. The van der Waals surface area contributed by atoms with Crippen molar-refractivity contribution in [2.45, 2.75) is 25.3 Å². The van der Waals surface area contributed by atoms with E-state index in [2.05, 4.69) is 15.3 Å². The number of H-pyrrole nitrogens is 1. The lowest BCUT2D eigenvalue weighted by Crippen LogP contribution is -2.21. The maximum Gasteiger partial charge on any atom is 0.126 e. The molecule has 0 bridgehead atoms. The largest absolute Gasteiger partial charge is 0.341 e. The van der Waals surface area contributed by atoms with Gasteiger partial charge in [-0.3, -0.25) is 0 Å². The van der Waals surface area contributed by atoms with Crippen LogP contribution in [-0.4, -0.2) is 16.5 Å². The molecule has 0 amide bonds. The number of imidazole rings is 1. The zero-order chi connectivity index (χ0) is 11.0. The highest BCUT2D eigenvalue weighted by Crippen LogP contribution is 2.24. The van der Waals surface area contributed by atoms with Crippen LogP contribution in [0, 0.1) is 5.82 Å². The molecule has 1 aliphatic heterocycles.